The molecule has 2 N–H and O–H groups in total. The van der Waals surface area contributed by atoms with Crippen LogP contribution in [0.1, 0.15) is 32.3 Å². The highest BCUT2D eigenvalue weighted by Gasteiger charge is 2.13. The maximum atomic E-state index is 12.1. The first-order valence-electron chi connectivity index (χ1n) is 7.54. The van der Waals surface area contributed by atoms with Crippen LogP contribution in [0.3, 0.4) is 0 Å². The fourth-order valence-electron chi connectivity index (χ4n) is 2.07. The Morgan fingerprint density at radius 1 is 1.39 bits per heavy atom. The zero-order valence-electron chi connectivity index (χ0n) is 13.9. The number of nitrogens with zero attached hydrogens (tertiary/aromatic N) is 2. The normalized spacial score (nSPS) is 11.7. The molecule has 0 radical (unpaired) electrons. The van der Waals surface area contributed by atoms with Gasteiger partial charge in [-0.25, -0.2) is 0 Å². The van der Waals surface area contributed by atoms with Crippen molar-refractivity contribution in [2.45, 2.75) is 39.2 Å². The first-order valence-corrected chi connectivity index (χ1v) is 7.54. The maximum Gasteiger partial charge on any atom is 0.269 e. The van der Waals surface area contributed by atoms with Crippen molar-refractivity contribution >= 4 is 24.0 Å². The Morgan fingerprint density at radius 2 is 2.04 bits per heavy atom. The highest BCUT2D eigenvalue weighted by molar-refractivity contribution is 5.85. The van der Waals surface area contributed by atoms with Gasteiger partial charge >= 0.3 is 0 Å². The second-order valence-corrected chi connectivity index (χ2v) is 5.94. The van der Waals surface area contributed by atoms with E-state index in [1.807, 2.05) is 0 Å². The number of aryl methyl sites for hydroxylation is 1. The van der Waals surface area contributed by atoms with Crippen LogP contribution in [0.4, 0.5) is 5.69 Å². The predicted octanol–water partition coefficient (Wildman–Crippen LogP) is 2.78. The molecule has 0 aromatic heterocycles. The fourth-order valence-corrected chi connectivity index (χ4v) is 2.07. The minimum atomic E-state index is -0.426. The molecule has 0 aliphatic heterocycles. The number of hydrogen-bond acceptors (Lipinski definition) is 4. The first kappa shape index (κ1) is 21.3. The minimum Gasteiger partial charge on any atom is -0.346 e. The molecule has 0 fully saturated rings. The third-order valence-corrected chi connectivity index (χ3v) is 3.83. The Kier molecular flexibility index (Phi) is 9.44. The van der Waals surface area contributed by atoms with Crippen LogP contribution >= 0.6 is 12.4 Å². The second-order valence-electron chi connectivity index (χ2n) is 5.94. The van der Waals surface area contributed by atoms with Gasteiger partial charge in [-0.3, -0.25) is 14.9 Å². The van der Waals surface area contributed by atoms with E-state index in [4.69, 9.17) is 5.73 Å². The number of hydrogen-bond donors (Lipinski definition) is 1. The summed E-state index contributed by atoms with van der Waals surface area (Å²) in [5.74, 6) is 0.427. The van der Waals surface area contributed by atoms with Crippen molar-refractivity contribution in [1.82, 2.24) is 4.90 Å². The van der Waals surface area contributed by atoms with E-state index in [9.17, 15) is 14.9 Å². The van der Waals surface area contributed by atoms with Crippen LogP contribution in [0, 0.1) is 16.0 Å². The SMILES string of the molecule is CC(C)C(N)CCN(C)C(=O)CCc1cccc([N+](=O)[O-])c1.Cl. The smallest absolute Gasteiger partial charge is 0.269 e. The van der Waals surface area contributed by atoms with E-state index >= 15 is 0 Å². The zero-order valence-corrected chi connectivity index (χ0v) is 14.7. The third-order valence-electron chi connectivity index (χ3n) is 3.83. The second kappa shape index (κ2) is 10.2. The van der Waals surface area contributed by atoms with Gasteiger partial charge in [-0.1, -0.05) is 26.0 Å². The molecule has 0 saturated heterocycles. The molecule has 1 aromatic carbocycles. The van der Waals surface area contributed by atoms with Gasteiger partial charge in [0.05, 0.1) is 4.92 Å². The van der Waals surface area contributed by atoms with Crippen molar-refractivity contribution in [2.24, 2.45) is 11.7 Å². The van der Waals surface area contributed by atoms with Crippen molar-refractivity contribution < 1.29 is 9.72 Å². The molecule has 1 atom stereocenters. The number of halogens is 1. The predicted molar refractivity (Wildman–Crippen MR) is 93.7 cm³/mol. The molecular weight excluding hydrogens is 318 g/mol. The van der Waals surface area contributed by atoms with E-state index in [0.717, 1.165) is 12.0 Å². The molecule has 7 heteroatoms. The van der Waals surface area contributed by atoms with Crippen LogP contribution < -0.4 is 5.73 Å². The summed E-state index contributed by atoms with van der Waals surface area (Å²) < 4.78 is 0. The van der Waals surface area contributed by atoms with Crippen LogP contribution in [0.15, 0.2) is 24.3 Å². The van der Waals surface area contributed by atoms with E-state index in [2.05, 4.69) is 13.8 Å². The van der Waals surface area contributed by atoms with E-state index in [0.29, 0.717) is 25.3 Å². The van der Waals surface area contributed by atoms with E-state index < -0.39 is 4.92 Å². The molecule has 23 heavy (non-hydrogen) atoms. The maximum absolute atomic E-state index is 12.1. The summed E-state index contributed by atoms with van der Waals surface area (Å²) in [5.41, 5.74) is 6.83. The average molecular weight is 344 g/mol. The fraction of sp³-hybridized carbons (Fsp3) is 0.562. The summed E-state index contributed by atoms with van der Waals surface area (Å²) in [6.45, 7) is 4.76. The Bertz CT molecular complexity index is 523. The lowest BCUT2D eigenvalue weighted by atomic mass is 10.0. The number of carbonyl (C=O) groups excluding carboxylic acids is 1. The molecule has 6 nitrogen and oxygen atoms in total. The van der Waals surface area contributed by atoms with Gasteiger partial charge in [0.15, 0.2) is 0 Å². The molecular formula is C16H26ClN3O3. The molecule has 130 valence electrons. The number of non-ortho nitro benzene ring substituents is 1. The van der Waals surface area contributed by atoms with Gasteiger partial charge < -0.3 is 10.6 Å². The van der Waals surface area contributed by atoms with E-state index in [-0.39, 0.29) is 30.0 Å². The number of amides is 1. The van der Waals surface area contributed by atoms with Gasteiger partial charge in [-0.05, 0) is 24.3 Å². The number of carbonyl (C=O) groups is 1. The van der Waals surface area contributed by atoms with Gasteiger partial charge in [0.25, 0.3) is 5.69 Å². The van der Waals surface area contributed by atoms with Crippen LogP contribution in [-0.4, -0.2) is 35.4 Å². The van der Waals surface area contributed by atoms with Crippen molar-refractivity contribution in [3.05, 3.63) is 39.9 Å². The van der Waals surface area contributed by atoms with Gasteiger partial charge in [-0.15, -0.1) is 12.4 Å². The lowest BCUT2D eigenvalue weighted by Crippen LogP contribution is -2.34. The molecule has 0 bridgehead atoms. The molecule has 0 spiro atoms. The molecule has 0 heterocycles. The summed E-state index contributed by atoms with van der Waals surface area (Å²) >= 11 is 0. The van der Waals surface area contributed by atoms with Crippen molar-refractivity contribution in [1.29, 1.82) is 0 Å². The van der Waals surface area contributed by atoms with Crippen molar-refractivity contribution in [2.75, 3.05) is 13.6 Å². The Hall–Kier alpha value is -1.66. The lowest BCUT2D eigenvalue weighted by molar-refractivity contribution is -0.384. The lowest BCUT2D eigenvalue weighted by Gasteiger charge is -2.21. The van der Waals surface area contributed by atoms with Gasteiger partial charge in [-0.2, -0.15) is 0 Å². The summed E-state index contributed by atoms with van der Waals surface area (Å²) in [6, 6.07) is 6.50. The summed E-state index contributed by atoms with van der Waals surface area (Å²) in [6.07, 6.45) is 1.62. The molecule has 1 aromatic rings. The van der Waals surface area contributed by atoms with Gasteiger partial charge in [0.2, 0.25) is 5.91 Å². The minimum absolute atomic E-state index is 0. The highest BCUT2D eigenvalue weighted by atomic mass is 35.5. The molecule has 0 saturated carbocycles. The van der Waals surface area contributed by atoms with Crippen LogP contribution in [0.25, 0.3) is 0 Å². The monoisotopic (exact) mass is 343 g/mol. The van der Waals surface area contributed by atoms with Crippen LogP contribution in [0.2, 0.25) is 0 Å². The quantitative estimate of drug-likeness (QED) is 0.580. The number of nitrogens with two attached hydrogens (primary N) is 1. The standard InChI is InChI=1S/C16H25N3O3.ClH/c1-12(2)15(17)9-10-18(3)16(20)8-7-13-5-4-6-14(11-13)19(21)22;/h4-6,11-12,15H,7-10,17H2,1-3H3;1H. The molecule has 0 aliphatic carbocycles. The molecule has 1 unspecified atom stereocenters. The highest BCUT2D eigenvalue weighted by Crippen LogP contribution is 2.15. The zero-order chi connectivity index (χ0) is 16.7. The molecule has 1 rings (SSSR count). The third kappa shape index (κ3) is 7.43. The summed E-state index contributed by atoms with van der Waals surface area (Å²) in [5, 5.41) is 10.7. The van der Waals surface area contributed by atoms with Gasteiger partial charge in [0, 0.05) is 38.2 Å². The summed E-state index contributed by atoms with van der Waals surface area (Å²) in [7, 11) is 1.77. The molecule has 1 amide bonds. The number of benzene rings is 1. The summed E-state index contributed by atoms with van der Waals surface area (Å²) in [4.78, 5) is 24.0. The van der Waals surface area contributed by atoms with Crippen LogP contribution in [-0.2, 0) is 11.2 Å². The number of rotatable bonds is 8. The van der Waals surface area contributed by atoms with Crippen LogP contribution in [0.5, 0.6) is 0 Å². The first-order chi connectivity index (χ1) is 10.3. The average Bonchev–Trinajstić information content (AvgIpc) is 2.49. The van der Waals surface area contributed by atoms with Crippen molar-refractivity contribution in [3.8, 4) is 0 Å². The molecule has 0 aliphatic rings. The van der Waals surface area contributed by atoms with Crippen molar-refractivity contribution in [3.63, 3.8) is 0 Å². The topological polar surface area (TPSA) is 89.5 Å². The Morgan fingerprint density at radius 3 is 2.61 bits per heavy atom. The van der Waals surface area contributed by atoms with E-state index in [1.54, 1.807) is 24.1 Å². The van der Waals surface area contributed by atoms with E-state index in [1.165, 1.54) is 12.1 Å². The number of nitro groups is 1. The Labute approximate surface area is 143 Å². The van der Waals surface area contributed by atoms with Gasteiger partial charge in [0.1, 0.15) is 0 Å². The number of nitro benzene ring substituents is 1. The largest absolute Gasteiger partial charge is 0.346 e. The Balaban J connectivity index is 0.00000484.